The number of carbonyl (C=O) groups is 1. The summed E-state index contributed by atoms with van der Waals surface area (Å²) in [6.45, 7) is 4.98. The maximum absolute atomic E-state index is 11.6. The predicted octanol–water partition coefficient (Wildman–Crippen LogP) is 2.42. The molecule has 1 aromatic heterocycles. The molecule has 4 rings (SSSR count). The summed E-state index contributed by atoms with van der Waals surface area (Å²) in [7, 11) is 1.89. The van der Waals surface area contributed by atoms with E-state index in [4.69, 9.17) is 9.47 Å². The number of likely N-dealkylation sites (N-methyl/N-ethyl adjacent to an activating group) is 1. The third kappa shape index (κ3) is 3.38. The van der Waals surface area contributed by atoms with E-state index in [1.807, 2.05) is 23.3 Å². The molecule has 3 fully saturated rings. The van der Waals surface area contributed by atoms with Gasteiger partial charge in [-0.05, 0) is 37.8 Å². The van der Waals surface area contributed by atoms with Gasteiger partial charge < -0.3 is 14.4 Å². The monoisotopic (exact) mass is 350 g/mol. The fourth-order valence-electron chi connectivity index (χ4n) is 3.99. The van der Waals surface area contributed by atoms with Crippen molar-refractivity contribution < 1.29 is 14.3 Å². The lowest BCUT2D eigenvalue weighted by atomic mass is 9.89. The minimum absolute atomic E-state index is 0.100. The Morgan fingerprint density at radius 1 is 1.33 bits per heavy atom. The highest BCUT2D eigenvalue weighted by Gasteiger charge is 2.41. The van der Waals surface area contributed by atoms with Gasteiger partial charge >= 0.3 is 0 Å². The first kappa shape index (κ1) is 16.5. The molecule has 24 heavy (non-hydrogen) atoms. The molecule has 0 unspecified atom stereocenters. The maximum Gasteiger partial charge on any atom is 0.248 e. The fourth-order valence-corrected chi connectivity index (χ4v) is 5.13. The molecule has 5 nitrogen and oxygen atoms in total. The normalized spacial score (nSPS) is 28.0. The number of ether oxygens (including phenoxy) is 2. The van der Waals surface area contributed by atoms with E-state index in [-0.39, 0.29) is 18.1 Å². The molecule has 6 heteroatoms. The number of hydrogen-bond acceptors (Lipinski definition) is 5. The van der Waals surface area contributed by atoms with E-state index in [0.717, 1.165) is 52.0 Å². The minimum atomic E-state index is -0.114. The first-order chi connectivity index (χ1) is 11.6. The van der Waals surface area contributed by atoms with Gasteiger partial charge in [-0.15, -0.1) is 11.3 Å². The van der Waals surface area contributed by atoms with Crippen molar-refractivity contribution in [2.24, 2.45) is 0 Å². The molecular weight excluding hydrogens is 324 g/mol. The maximum atomic E-state index is 11.6. The zero-order chi connectivity index (χ0) is 16.6. The molecular formula is C18H26N2O3S. The van der Waals surface area contributed by atoms with Crippen LogP contribution in [0, 0.1) is 0 Å². The second kappa shape index (κ2) is 6.75. The van der Waals surface area contributed by atoms with Crippen LogP contribution in [0.5, 0.6) is 0 Å². The first-order valence-electron chi connectivity index (χ1n) is 8.94. The summed E-state index contributed by atoms with van der Waals surface area (Å²) in [5, 5.41) is 0. The van der Waals surface area contributed by atoms with E-state index in [1.54, 1.807) is 0 Å². The number of thiophene rings is 1. The Hall–Kier alpha value is -0.950. The smallest absolute Gasteiger partial charge is 0.248 e. The summed E-state index contributed by atoms with van der Waals surface area (Å²) in [4.78, 5) is 18.8. The highest BCUT2D eigenvalue weighted by molar-refractivity contribution is 7.12. The van der Waals surface area contributed by atoms with E-state index in [1.165, 1.54) is 16.2 Å². The minimum Gasteiger partial charge on any atom is -0.373 e. The topological polar surface area (TPSA) is 42.0 Å². The molecule has 0 saturated carbocycles. The van der Waals surface area contributed by atoms with Crippen LogP contribution in [0.15, 0.2) is 12.1 Å². The Morgan fingerprint density at radius 3 is 2.88 bits per heavy atom. The lowest BCUT2D eigenvalue weighted by molar-refractivity contribution is -0.169. The van der Waals surface area contributed by atoms with Gasteiger partial charge in [0.05, 0.1) is 11.7 Å². The number of carbonyl (C=O) groups excluding carboxylic acids is 1. The summed E-state index contributed by atoms with van der Waals surface area (Å²) in [6, 6.07) is 4.50. The average molecular weight is 350 g/mol. The molecule has 1 aromatic rings. The van der Waals surface area contributed by atoms with E-state index < -0.39 is 0 Å². The van der Waals surface area contributed by atoms with Crippen LogP contribution in [-0.2, 0) is 20.8 Å². The summed E-state index contributed by atoms with van der Waals surface area (Å²) in [5.74, 6) is 0.100. The zero-order valence-electron chi connectivity index (χ0n) is 14.3. The predicted molar refractivity (Wildman–Crippen MR) is 93.1 cm³/mol. The van der Waals surface area contributed by atoms with Gasteiger partial charge in [0.15, 0.2) is 0 Å². The van der Waals surface area contributed by atoms with Crippen molar-refractivity contribution in [3.8, 4) is 0 Å². The summed E-state index contributed by atoms with van der Waals surface area (Å²) < 4.78 is 11.7. The van der Waals surface area contributed by atoms with Gasteiger partial charge in [-0.1, -0.05) is 0 Å². The Bertz CT molecular complexity index is 589. The van der Waals surface area contributed by atoms with Crippen molar-refractivity contribution in [3.05, 3.63) is 21.9 Å². The Kier molecular flexibility index (Phi) is 4.64. The second-order valence-electron chi connectivity index (χ2n) is 7.30. The summed E-state index contributed by atoms with van der Waals surface area (Å²) >= 11 is 1.90. The molecule has 1 amide bonds. The molecule has 3 saturated heterocycles. The zero-order valence-corrected chi connectivity index (χ0v) is 15.1. The molecule has 0 bridgehead atoms. The summed E-state index contributed by atoms with van der Waals surface area (Å²) in [6.07, 6.45) is 4.69. The highest BCUT2D eigenvalue weighted by Crippen LogP contribution is 2.35. The number of nitrogens with zero attached hydrogens (tertiary/aromatic N) is 2. The van der Waals surface area contributed by atoms with Crippen LogP contribution in [-0.4, -0.2) is 61.2 Å². The molecule has 1 spiro atoms. The van der Waals surface area contributed by atoms with Crippen LogP contribution in [0.1, 0.15) is 41.5 Å². The quantitative estimate of drug-likeness (QED) is 0.840. The van der Waals surface area contributed by atoms with Gasteiger partial charge in [0.2, 0.25) is 5.91 Å². The van der Waals surface area contributed by atoms with E-state index in [2.05, 4.69) is 17.0 Å². The van der Waals surface area contributed by atoms with Crippen LogP contribution in [0.4, 0.5) is 0 Å². The van der Waals surface area contributed by atoms with Gasteiger partial charge in [0.25, 0.3) is 0 Å². The third-order valence-electron chi connectivity index (χ3n) is 5.53. The SMILES string of the molecule is CN1CC2(CCN(Cc3ccc([C@@H]4CCCO4)s3)CC2)OCC1=O. The van der Waals surface area contributed by atoms with Crippen LogP contribution in [0.3, 0.4) is 0 Å². The lowest BCUT2D eigenvalue weighted by Crippen LogP contribution is -2.57. The average Bonchev–Trinajstić information content (AvgIpc) is 3.25. The Balaban J connectivity index is 1.31. The Morgan fingerprint density at radius 2 is 2.17 bits per heavy atom. The molecule has 0 radical (unpaired) electrons. The first-order valence-corrected chi connectivity index (χ1v) is 9.76. The molecule has 0 N–H and O–H groups in total. The number of rotatable bonds is 3. The van der Waals surface area contributed by atoms with Crippen molar-refractivity contribution in [2.45, 2.75) is 43.9 Å². The molecule has 3 aliphatic heterocycles. The Labute approximate surface area is 147 Å². The molecule has 3 aliphatic rings. The molecule has 0 aromatic carbocycles. The molecule has 0 aliphatic carbocycles. The van der Waals surface area contributed by atoms with E-state index >= 15 is 0 Å². The van der Waals surface area contributed by atoms with Crippen LogP contribution >= 0.6 is 11.3 Å². The van der Waals surface area contributed by atoms with Gasteiger partial charge in [-0.3, -0.25) is 9.69 Å². The van der Waals surface area contributed by atoms with Gasteiger partial charge in [0.1, 0.15) is 6.61 Å². The number of hydrogen-bond donors (Lipinski definition) is 0. The highest BCUT2D eigenvalue weighted by atomic mass is 32.1. The fraction of sp³-hybridized carbons (Fsp3) is 0.722. The number of morpholine rings is 1. The van der Waals surface area contributed by atoms with Gasteiger partial charge in [-0.25, -0.2) is 0 Å². The van der Waals surface area contributed by atoms with Crippen molar-refractivity contribution in [3.63, 3.8) is 0 Å². The van der Waals surface area contributed by atoms with Gasteiger partial charge in [0, 0.05) is 49.6 Å². The van der Waals surface area contributed by atoms with E-state index in [9.17, 15) is 4.79 Å². The molecule has 4 heterocycles. The number of piperidine rings is 1. The molecule has 1 atom stereocenters. The number of likely N-dealkylation sites (tertiary alicyclic amines) is 1. The van der Waals surface area contributed by atoms with Crippen molar-refractivity contribution >= 4 is 17.2 Å². The summed E-state index contributed by atoms with van der Waals surface area (Å²) in [5.41, 5.74) is -0.114. The standard InChI is InChI=1S/C18H26N2O3S/c1-19-13-18(23-12-17(19)21)6-8-20(9-7-18)11-14-4-5-16(24-14)15-3-2-10-22-15/h4-5,15H,2-3,6-13H2,1H3/t15-/m0/s1. The van der Waals surface area contributed by atoms with Crippen LogP contribution in [0.25, 0.3) is 0 Å². The van der Waals surface area contributed by atoms with Crippen molar-refractivity contribution in [1.29, 1.82) is 0 Å². The van der Waals surface area contributed by atoms with Crippen LogP contribution in [0.2, 0.25) is 0 Å². The van der Waals surface area contributed by atoms with Gasteiger partial charge in [-0.2, -0.15) is 0 Å². The lowest BCUT2D eigenvalue weighted by Gasteiger charge is -2.46. The molecule has 132 valence electrons. The van der Waals surface area contributed by atoms with E-state index in [0.29, 0.717) is 6.10 Å². The van der Waals surface area contributed by atoms with Crippen molar-refractivity contribution in [2.75, 3.05) is 39.9 Å². The van der Waals surface area contributed by atoms with Crippen molar-refractivity contribution in [1.82, 2.24) is 9.80 Å². The third-order valence-corrected chi connectivity index (χ3v) is 6.69. The van der Waals surface area contributed by atoms with Crippen LogP contribution < -0.4 is 0 Å². The largest absolute Gasteiger partial charge is 0.373 e. The number of amides is 1. The second-order valence-corrected chi connectivity index (χ2v) is 8.50.